The van der Waals surface area contributed by atoms with Gasteiger partial charge in [-0.2, -0.15) is 5.26 Å². The maximum absolute atomic E-state index is 12.4. The number of nitrogens with one attached hydrogen (secondary N) is 1. The number of amides is 1. The smallest absolute Gasteiger partial charge is 0.240 e. The average Bonchev–Trinajstić information content (AvgIpc) is 2.74. The molecule has 10 heteroatoms. The fourth-order valence-electron chi connectivity index (χ4n) is 3.05. The molecule has 1 aromatic carbocycles. The highest BCUT2D eigenvalue weighted by Crippen LogP contribution is 2.18. The molecule has 1 amide bonds. The lowest BCUT2D eigenvalue weighted by molar-refractivity contribution is -0.131. The summed E-state index contributed by atoms with van der Waals surface area (Å²) in [6.07, 6.45) is 1.73. The van der Waals surface area contributed by atoms with Gasteiger partial charge in [0.2, 0.25) is 15.9 Å². The predicted molar refractivity (Wildman–Crippen MR) is 112 cm³/mol. The molecule has 0 aliphatic carbocycles. The minimum absolute atomic E-state index is 0.0380. The van der Waals surface area contributed by atoms with Crippen LogP contribution >= 0.6 is 15.9 Å². The molecule has 3 rings (SSSR count). The van der Waals surface area contributed by atoms with Crippen LogP contribution in [0, 0.1) is 11.3 Å². The predicted octanol–water partition coefficient (Wildman–Crippen LogP) is 1.73. The first-order valence-corrected chi connectivity index (χ1v) is 11.3. The number of carbonyl (C=O) groups excluding carboxylic acids is 1. The van der Waals surface area contributed by atoms with E-state index >= 15 is 0 Å². The molecule has 1 N–H and O–H groups in total. The molecule has 0 spiro atoms. The summed E-state index contributed by atoms with van der Waals surface area (Å²) in [5.74, 6) is 0.522. The van der Waals surface area contributed by atoms with Gasteiger partial charge in [-0.1, -0.05) is 15.9 Å². The van der Waals surface area contributed by atoms with Crippen LogP contribution in [-0.2, 0) is 14.8 Å². The Labute approximate surface area is 178 Å². The number of nitrogens with zero attached hydrogens (tertiary/aromatic N) is 4. The number of hydrogen-bond donors (Lipinski definition) is 1. The number of rotatable bonds is 6. The fourth-order valence-corrected chi connectivity index (χ4v) is 4.35. The van der Waals surface area contributed by atoms with E-state index in [1.165, 1.54) is 12.1 Å². The number of benzene rings is 1. The van der Waals surface area contributed by atoms with Gasteiger partial charge in [0.05, 0.1) is 10.5 Å². The quantitative estimate of drug-likeness (QED) is 0.678. The van der Waals surface area contributed by atoms with Crippen molar-refractivity contribution in [1.82, 2.24) is 14.6 Å². The molecule has 0 unspecified atom stereocenters. The topological polar surface area (TPSA) is 106 Å². The molecule has 1 saturated heterocycles. The highest BCUT2D eigenvalue weighted by molar-refractivity contribution is 9.10. The zero-order valence-electron chi connectivity index (χ0n) is 15.6. The van der Waals surface area contributed by atoms with E-state index in [1.807, 2.05) is 4.90 Å². The summed E-state index contributed by atoms with van der Waals surface area (Å²) in [6, 6.07) is 11.9. The number of carbonyl (C=O) groups is 1. The van der Waals surface area contributed by atoms with E-state index in [-0.39, 0.29) is 23.8 Å². The maximum Gasteiger partial charge on any atom is 0.240 e. The third-order valence-corrected chi connectivity index (χ3v) is 6.60. The van der Waals surface area contributed by atoms with E-state index in [1.54, 1.807) is 35.4 Å². The van der Waals surface area contributed by atoms with Crippen LogP contribution in [0.4, 0.5) is 5.82 Å². The van der Waals surface area contributed by atoms with Crippen LogP contribution in [0.2, 0.25) is 0 Å². The molecule has 1 aliphatic rings. The molecular weight excluding hydrogens is 458 g/mol. The van der Waals surface area contributed by atoms with Gasteiger partial charge in [-0.05, 0) is 36.4 Å². The molecule has 1 aliphatic heterocycles. The zero-order chi connectivity index (χ0) is 20.9. The molecule has 2 aromatic rings. The van der Waals surface area contributed by atoms with Crippen molar-refractivity contribution in [1.29, 1.82) is 5.26 Å². The van der Waals surface area contributed by atoms with Crippen molar-refractivity contribution in [3.05, 3.63) is 52.6 Å². The summed E-state index contributed by atoms with van der Waals surface area (Å²) in [5.41, 5.74) is 0.509. The lowest BCUT2D eigenvalue weighted by Crippen LogP contribution is -2.49. The molecule has 0 radical (unpaired) electrons. The lowest BCUT2D eigenvalue weighted by Gasteiger charge is -2.35. The molecule has 152 valence electrons. The summed E-state index contributed by atoms with van der Waals surface area (Å²) < 4.78 is 27.8. The Morgan fingerprint density at radius 2 is 1.86 bits per heavy atom. The minimum Gasteiger partial charge on any atom is -0.352 e. The lowest BCUT2D eigenvalue weighted by atomic mass is 10.2. The van der Waals surface area contributed by atoms with Gasteiger partial charge < -0.3 is 9.80 Å². The van der Waals surface area contributed by atoms with Crippen molar-refractivity contribution >= 4 is 37.7 Å². The summed E-state index contributed by atoms with van der Waals surface area (Å²) in [6.45, 7) is 2.18. The molecule has 1 aromatic heterocycles. The van der Waals surface area contributed by atoms with Crippen LogP contribution in [0.1, 0.15) is 12.0 Å². The van der Waals surface area contributed by atoms with Gasteiger partial charge in [-0.25, -0.2) is 18.1 Å². The van der Waals surface area contributed by atoms with Crippen LogP contribution in [0.3, 0.4) is 0 Å². The second kappa shape index (κ2) is 9.35. The molecule has 2 heterocycles. The third-order valence-electron chi connectivity index (χ3n) is 4.59. The number of sulfonamides is 1. The van der Waals surface area contributed by atoms with Gasteiger partial charge >= 0.3 is 0 Å². The Morgan fingerprint density at radius 3 is 2.52 bits per heavy atom. The first-order chi connectivity index (χ1) is 13.9. The molecule has 0 bridgehead atoms. The number of hydrogen-bond acceptors (Lipinski definition) is 6. The minimum atomic E-state index is -3.64. The summed E-state index contributed by atoms with van der Waals surface area (Å²) in [5, 5.41) is 9.21. The Morgan fingerprint density at radius 1 is 1.17 bits per heavy atom. The van der Waals surface area contributed by atoms with Gasteiger partial charge in [-0.15, -0.1) is 0 Å². The molecule has 1 fully saturated rings. The first-order valence-electron chi connectivity index (χ1n) is 9.04. The van der Waals surface area contributed by atoms with Crippen molar-refractivity contribution in [3.63, 3.8) is 0 Å². The number of aromatic nitrogens is 1. The standard InChI is InChI=1S/C19H20BrN5O3S/c20-16-3-5-17(6-4-16)29(27,28)23-9-7-18(26)24-10-12-25(13-11-24)19-15(14-21)2-1-8-22-19/h1-6,8,23H,7,9-13H2. The maximum atomic E-state index is 12.4. The van der Waals surface area contributed by atoms with Crippen molar-refractivity contribution in [3.8, 4) is 6.07 Å². The van der Waals surface area contributed by atoms with Crippen molar-refractivity contribution in [2.24, 2.45) is 0 Å². The van der Waals surface area contributed by atoms with Crippen molar-refractivity contribution in [2.45, 2.75) is 11.3 Å². The van der Waals surface area contributed by atoms with E-state index in [0.717, 1.165) is 4.47 Å². The van der Waals surface area contributed by atoms with E-state index in [4.69, 9.17) is 0 Å². The van der Waals surface area contributed by atoms with Crippen LogP contribution < -0.4 is 9.62 Å². The summed E-state index contributed by atoms with van der Waals surface area (Å²) in [7, 11) is -3.64. The van der Waals surface area contributed by atoms with Gasteiger partial charge in [-0.3, -0.25) is 4.79 Å². The number of anilines is 1. The molecule has 8 nitrogen and oxygen atoms in total. The van der Waals surface area contributed by atoms with Gasteiger partial charge in [0.25, 0.3) is 0 Å². The normalized spacial score (nSPS) is 14.5. The van der Waals surface area contributed by atoms with E-state index < -0.39 is 10.0 Å². The van der Waals surface area contributed by atoms with Crippen LogP contribution in [0.15, 0.2) is 52.0 Å². The van der Waals surface area contributed by atoms with E-state index in [2.05, 4.69) is 31.7 Å². The summed E-state index contributed by atoms with van der Waals surface area (Å²) in [4.78, 5) is 20.6. The van der Waals surface area contributed by atoms with Gasteiger partial charge in [0.1, 0.15) is 11.9 Å². The highest BCUT2D eigenvalue weighted by Gasteiger charge is 2.23. The zero-order valence-corrected chi connectivity index (χ0v) is 18.0. The summed E-state index contributed by atoms with van der Waals surface area (Å²) >= 11 is 3.27. The first kappa shape index (κ1) is 21.2. The van der Waals surface area contributed by atoms with Crippen LogP contribution in [0.25, 0.3) is 0 Å². The Bertz CT molecular complexity index is 1010. The van der Waals surface area contributed by atoms with E-state index in [0.29, 0.717) is 37.6 Å². The number of piperazine rings is 1. The van der Waals surface area contributed by atoms with Crippen LogP contribution in [-0.4, -0.2) is 56.9 Å². The molecular formula is C19H20BrN5O3S. The van der Waals surface area contributed by atoms with Crippen LogP contribution in [0.5, 0.6) is 0 Å². The molecule has 0 saturated carbocycles. The SMILES string of the molecule is N#Cc1cccnc1N1CCN(C(=O)CCNS(=O)(=O)c2ccc(Br)cc2)CC1. The largest absolute Gasteiger partial charge is 0.352 e. The van der Waals surface area contributed by atoms with Crippen molar-refractivity contribution < 1.29 is 13.2 Å². The third kappa shape index (κ3) is 5.32. The Balaban J connectivity index is 1.49. The highest BCUT2D eigenvalue weighted by atomic mass is 79.9. The van der Waals surface area contributed by atoms with Gasteiger partial charge in [0.15, 0.2) is 0 Å². The van der Waals surface area contributed by atoms with Crippen molar-refractivity contribution in [2.75, 3.05) is 37.6 Å². The molecule has 0 atom stereocenters. The number of halogens is 1. The average molecular weight is 478 g/mol. The van der Waals surface area contributed by atoms with Gasteiger partial charge in [0, 0.05) is 49.8 Å². The second-order valence-corrected chi connectivity index (χ2v) is 9.14. The fraction of sp³-hybridized carbons (Fsp3) is 0.316. The number of pyridine rings is 1. The monoisotopic (exact) mass is 477 g/mol. The molecule has 29 heavy (non-hydrogen) atoms. The Hall–Kier alpha value is -2.48. The van der Waals surface area contributed by atoms with E-state index in [9.17, 15) is 18.5 Å². The number of nitriles is 1. The second-order valence-electron chi connectivity index (χ2n) is 6.46. The Kier molecular flexibility index (Phi) is 6.84.